The van der Waals surface area contributed by atoms with Crippen LogP contribution in [0.4, 0.5) is 0 Å². The molecule has 0 aliphatic carbocycles. The predicted octanol–water partition coefficient (Wildman–Crippen LogP) is 4.68. The van der Waals surface area contributed by atoms with Crippen molar-refractivity contribution in [1.29, 1.82) is 0 Å². The first-order valence-electron chi connectivity index (χ1n) is 9.87. The van der Waals surface area contributed by atoms with Crippen LogP contribution in [0.2, 0.25) is 0 Å². The molecule has 0 amide bonds. The van der Waals surface area contributed by atoms with Gasteiger partial charge in [-0.2, -0.15) is 0 Å². The lowest BCUT2D eigenvalue weighted by atomic mass is 10.0. The molecule has 0 atom stereocenters. The van der Waals surface area contributed by atoms with Gasteiger partial charge in [-0.3, -0.25) is 0 Å². The van der Waals surface area contributed by atoms with Crippen LogP contribution >= 0.6 is 0 Å². The second-order valence-corrected chi connectivity index (χ2v) is 8.16. The second kappa shape index (κ2) is 16.9. The van der Waals surface area contributed by atoms with Crippen molar-refractivity contribution in [3.8, 4) is 0 Å². The van der Waals surface area contributed by atoms with Crippen molar-refractivity contribution in [1.82, 2.24) is 0 Å². The van der Waals surface area contributed by atoms with Crippen LogP contribution < -0.4 is 0 Å². The molecular formula is C18H40O4Si. The van der Waals surface area contributed by atoms with Crippen LogP contribution in [0.15, 0.2) is 0 Å². The van der Waals surface area contributed by atoms with Crippen molar-refractivity contribution in [2.24, 2.45) is 0 Å². The van der Waals surface area contributed by atoms with E-state index in [1.165, 1.54) is 83.5 Å². The molecule has 0 aliphatic heterocycles. The fraction of sp³-hybridized carbons (Fsp3) is 1.00. The van der Waals surface area contributed by atoms with Crippen molar-refractivity contribution in [3.05, 3.63) is 0 Å². The Morgan fingerprint density at radius 3 is 1.13 bits per heavy atom. The fourth-order valence-electron chi connectivity index (χ4n) is 2.86. The van der Waals surface area contributed by atoms with Gasteiger partial charge in [0.05, 0.1) is 0 Å². The molecule has 0 fully saturated rings. The van der Waals surface area contributed by atoms with E-state index < -0.39 is 9.05 Å². The van der Waals surface area contributed by atoms with Gasteiger partial charge in [-0.25, -0.2) is 0 Å². The summed E-state index contributed by atoms with van der Waals surface area (Å²) in [4.78, 5) is 26.0. The van der Waals surface area contributed by atoms with Crippen LogP contribution in [-0.4, -0.2) is 30.0 Å². The number of hydrogen-bond acceptors (Lipinski definition) is 4. The Morgan fingerprint density at radius 2 is 0.826 bits per heavy atom. The minimum Gasteiger partial charge on any atom is -0.368 e. The first kappa shape index (κ1) is 23.1. The first-order chi connectivity index (χ1) is 11.1. The first-order valence-corrected chi connectivity index (χ1v) is 11.6. The second-order valence-electron chi connectivity index (χ2n) is 6.73. The molecule has 140 valence electrons. The summed E-state index contributed by atoms with van der Waals surface area (Å²) in [6.45, 7) is 2.51. The highest BCUT2D eigenvalue weighted by Crippen LogP contribution is 2.13. The summed E-state index contributed by atoms with van der Waals surface area (Å²) in [6, 6.07) is 0. The molecule has 0 aromatic heterocycles. The van der Waals surface area contributed by atoms with Crippen LogP contribution in [0, 0.1) is 0 Å². The molecule has 0 rings (SSSR count). The van der Waals surface area contributed by atoms with E-state index in [2.05, 4.69) is 11.3 Å². The Bertz CT molecular complexity index is 232. The minimum absolute atomic E-state index is 0.244. The standard InChI is InChI=1S/C18H40O4Si/c1-2-3-4-5-6-7-8-9-10-11-12-13-14-15-16-17-18-22-23(19,20)21/h19-21H,2-18H2,1H3. The number of hydrogen-bond donors (Lipinski definition) is 3. The Kier molecular flexibility index (Phi) is 16.9. The normalized spacial score (nSPS) is 12.0. The van der Waals surface area contributed by atoms with Gasteiger partial charge < -0.3 is 18.8 Å². The monoisotopic (exact) mass is 348 g/mol. The average Bonchev–Trinajstić information content (AvgIpc) is 2.49. The summed E-state index contributed by atoms with van der Waals surface area (Å²) in [5, 5.41) is 0. The molecule has 0 spiro atoms. The Balaban J connectivity index is 3.00. The molecule has 0 heterocycles. The van der Waals surface area contributed by atoms with Crippen LogP contribution in [0.3, 0.4) is 0 Å². The zero-order valence-corrected chi connectivity index (χ0v) is 16.3. The van der Waals surface area contributed by atoms with E-state index in [4.69, 9.17) is 14.4 Å². The summed E-state index contributed by atoms with van der Waals surface area (Å²) in [6.07, 6.45) is 20.9. The van der Waals surface area contributed by atoms with Gasteiger partial charge in [-0.1, -0.05) is 103 Å². The number of unbranched alkanes of at least 4 members (excludes halogenated alkanes) is 15. The molecule has 3 N–H and O–H groups in total. The molecule has 4 nitrogen and oxygen atoms in total. The Hall–Kier alpha value is 0.0569. The molecule has 0 aromatic carbocycles. The van der Waals surface area contributed by atoms with Crippen LogP contribution in [-0.2, 0) is 4.43 Å². The largest absolute Gasteiger partial charge is 0.671 e. The molecule has 0 aromatic rings. The molecular weight excluding hydrogens is 308 g/mol. The van der Waals surface area contributed by atoms with Gasteiger partial charge in [0.25, 0.3) is 0 Å². The third-order valence-electron chi connectivity index (χ3n) is 4.29. The maximum Gasteiger partial charge on any atom is 0.671 e. The van der Waals surface area contributed by atoms with Crippen molar-refractivity contribution in [3.63, 3.8) is 0 Å². The van der Waals surface area contributed by atoms with Crippen LogP contribution in [0.25, 0.3) is 0 Å². The van der Waals surface area contributed by atoms with Crippen molar-refractivity contribution >= 4 is 9.05 Å². The third kappa shape index (κ3) is 22.1. The van der Waals surface area contributed by atoms with Gasteiger partial charge in [0.15, 0.2) is 0 Å². The molecule has 0 bridgehead atoms. The minimum atomic E-state index is -4.27. The summed E-state index contributed by atoms with van der Waals surface area (Å²) < 4.78 is 4.55. The van der Waals surface area contributed by atoms with E-state index >= 15 is 0 Å². The Morgan fingerprint density at radius 1 is 0.522 bits per heavy atom. The van der Waals surface area contributed by atoms with Crippen molar-refractivity contribution < 1.29 is 18.8 Å². The SMILES string of the molecule is CCCCCCCCCCCCCCCCCCO[Si](O)(O)O. The van der Waals surface area contributed by atoms with Gasteiger partial charge in [0, 0.05) is 6.61 Å². The van der Waals surface area contributed by atoms with E-state index in [9.17, 15) is 0 Å². The lowest BCUT2D eigenvalue weighted by molar-refractivity contribution is 0.0618. The highest BCUT2D eigenvalue weighted by Gasteiger charge is 2.29. The van der Waals surface area contributed by atoms with Gasteiger partial charge >= 0.3 is 9.05 Å². The van der Waals surface area contributed by atoms with Crippen molar-refractivity contribution in [2.75, 3.05) is 6.61 Å². The summed E-state index contributed by atoms with van der Waals surface area (Å²) >= 11 is 0. The highest BCUT2D eigenvalue weighted by atomic mass is 28.4. The summed E-state index contributed by atoms with van der Waals surface area (Å²) in [5.74, 6) is 0. The molecule has 23 heavy (non-hydrogen) atoms. The molecule has 0 unspecified atom stereocenters. The van der Waals surface area contributed by atoms with Crippen LogP contribution in [0.1, 0.15) is 110 Å². The third-order valence-corrected chi connectivity index (χ3v) is 4.89. The molecule has 5 heteroatoms. The highest BCUT2D eigenvalue weighted by molar-refractivity contribution is 6.48. The zero-order chi connectivity index (χ0) is 17.2. The summed E-state index contributed by atoms with van der Waals surface area (Å²) in [5.41, 5.74) is 0. The molecule has 0 radical (unpaired) electrons. The lowest BCUT2D eigenvalue weighted by Crippen LogP contribution is -2.39. The molecule has 0 saturated carbocycles. The van der Waals surface area contributed by atoms with Gasteiger partial charge in [0.1, 0.15) is 0 Å². The van der Waals surface area contributed by atoms with Crippen LogP contribution in [0.5, 0.6) is 0 Å². The van der Waals surface area contributed by atoms with Crippen molar-refractivity contribution in [2.45, 2.75) is 110 Å². The van der Waals surface area contributed by atoms with E-state index in [-0.39, 0.29) is 6.61 Å². The van der Waals surface area contributed by atoms with Gasteiger partial charge in [0.2, 0.25) is 0 Å². The quantitative estimate of drug-likeness (QED) is 0.248. The van der Waals surface area contributed by atoms with E-state index in [1.807, 2.05) is 0 Å². The number of rotatable bonds is 18. The predicted molar refractivity (Wildman–Crippen MR) is 97.9 cm³/mol. The maximum absolute atomic E-state index is 8.67. The maximum atomic E-state index is 8.67. The lowest BCUT2D eigenvalue weighted by Gasteiger charge is -2.09. The zero-order valence-electron chi connectivity index (χ0n) is 15.3. The topological polar surface area (TPSA) is 69.9 Å². The van der Waals surface area contributed by atoms with E-state index in [1.54, 1.807) is 0 Å². The van der Waals surface area contributed by atoms with Gasteiger partial charge in [-0.05, 0) is 6.42 Å². The summed E-state index contributed by atoms with van der Waals surface area (Å²) in [7, 11) is -4.27. The smallest absolute Gasteiger partial charge is 0.368 e. The fourth-order valence-corrected chi connectivity index (χ4v) is 3.28. The Labute approximate surface area is 144 Å². The molecule has 0 saturated heterocycles. The average molecular weight is 349 g/mol. The van der Waals surface area contributed by atoms with E-state index in [0.717, 1.165) is 19.3 Å². The molecule has 0 aliphatic rings. The van der Waals surface area contributed by atoms with Gasteiger partial charge in [-0.15, -0.1) is 0 Å². The van der Waals surface area contributed by atoms with E-state index in [0.29, 0.717) is 0 Å².